The molecule has 0 saturated heterocycles. The van der Waals surface area contributed by atoms with Gasteiger partial charge in [0.25, 0.3) is 0 Å². The van der Waals surface area contributed by atoms with E-state index in [2.05, 4.69) is 17.1 Å². The van der Waals surface area contributed by atoms with E-state index in [1.807, 2.05) is 23.8 Å². The van der Waals surface area contributed by atoms with E-state index in [1.54, 1.807) is 22.7 Å². The largest absolute Gasteiger partial charge is 0.239 e. The highest BCUT2D eigenvalue weighted by Gasteiger charge is 2.13. The van der Waals surface area contributed by atoms with Gasteiger partial charge in [0.1, 0.15) is 5.01 Å². The van der Waals surface area contributed by atoms with Crippen molar-refractivity contribution in [1.29, 1.82) is 5.26 Å². The quantitative estimate of drug-likeness (QED) is 0.807. The summed E-state index contributed by atoms with van der Waals surface area (Å²) in [5.41, 5.74) is 0.999. The molecule has 0 spiro atoms. The Balaban J connectivity index is 2.29. The second-order valence-corrected chi connectivity index (χ2v) is 4.98. The van der Waals surface area contributed by atoms with Gasteiger partial charge in [-0.15, -0.1) is 22.7 Å². The Morgan fingerprint density at radius 1 is 1.53 bits per heavy atom. The Morgan fingerprint density at radius 3 is 3.00 bits per heavy atom. The Kier molecular flexibility index (Phi) is 3.14. The molecular weight excluding hydrogens is 224 g/mol. The van der Waals surface area contributed by atoms with E-state index >= 15 is 0 Å². The SMILES string of the molecule is CCC(C#N)c1nc(-c2cccs2)cs1. The summed E-state index contributed by atoms with van der Waals surface area (Å²) in [4.78, 5) is 5.67. The zero-order valence-electron chi connectivity index (χ0n) is 8.30. The zero-order valence-corrected chi connectivity index (χ0v) is 9.94. The summed E-state index contributed by atoms with van der Waals surface area (Å²) in [6.07, 6.45) is 0.827. The maximum absolute atomic E-state index is 8.94. The fraction of sp³-hybridized carbons (Fsp3) is 0.273. The van der Waals surface area contributed by atoms with E-state index < -0.39 is 0 Å². The third kappa shape index (κ3) is 2.09. The number of nitriles is 1. The predicted molar refractivity (Wildman–Crippen MR) is 64.1 cm³/mol. The summed E-state index contributed by atoms with van der Waals surface area (Å²) in [5, 5.41) is 13.9. The van der Waals surface area contributed by atoms with Crippen molar-refractivity contribution in [2.24, 2.45) is 0 Å². The van der Waals surface area contributed by atoms with Crippen LogP contribution in [0.3, 0.4) is 0 Å². The van der Waals surface area contributed by atoms with Crippen LogP contribution in [-0.2, 0) is 0 Å². The molecule has 0 fully saturated rings. The minimum atomic E-state index is -0.0521. The molecule has 0 aliphatic heterocycles. The number of aromatic nitrogens is 1. The molecule has 0 bridgehead atoms. The topological polar surface area (TPSA) is 36.7 Å². The van der Waals surface area contributed by atoms with Gasteiger partial charge < -0.3 is 0 Å². The molecule has 4 heteroatoms. The van der Waals surface area contributed by atoms with Crippen molar-refractivity contribution in [3.05, 3.63) is 27.9 Å². The first-order chi connectivity index (χ1) is 7.35. The molecule has 0 amide bonds. The summed E-state index contributed by atoms with van der Waals surface area (Å²) >= 11 is 3.26. The third-order valence-corrected chi connectivity index (χ3v) is 4.01. The standard InChI is InChI=1S/C11H10N2S2/c1-2-8(6-12)11-13-9(7-15-11)10-4-3-5-14-10/h3-5,7-8H,2H2,1H3. The number of thiophene rings is 1. The molecule has 0 aliphatic carbocycles. The van der Waals surface area contributed by atoms with Crippen LogP contribution in [0.5, 0.6) is 0 Å². The van der Waals surface area contributed by atoms with Crippen molar-refractivity contribution in [2.45, 2.75) is 19.3 Å². The number of hydrogen-bond acceptors (Lipinski definition) is 4. The minimum Gasteiger partial charge on any atom is -0.239 e. The number of hydrogen-bond donors (Lipinski definition) is 0. The lowest BCUT2D eigenvalue weighted by atomic mass is 10.1. The summed E-state index contributed by atoms with van der Waals surface area (Å²) in [5.74, 6) is -0.0521. The van der Waals surface area contributed by atoms with E-state index in [9.17, 15) is 0 Å². The molecule has 1 atom stereocenters. The van der Waals surface area contributed by atoms with Gasteiger partial charge in [-0.3, -0.25) is 0 Å². The first-order valence-corrected chi connectivity index (χ1v) is 6.50. The van der Waals surface area contributed by atoms with Gasteiger partial charge in [-0.1, -0.05) is 13.0 Å². The van der Waals surface area contributed by atoms with E-state index in [0.717, 1.165) is 17.1 Å². The molecule has 0 aliphatic rings. The summed E-state index contributed by atoms with van der Waals surface area (Å²) < 4.78 is 0. The Morgan fingerprint density at radius 2 is 2.40 bits per heavy atom. The van der Waals surface area contributed by atoms with Crippen LogP contribution >= 0.6 is 22.7 Å². The second-order valence-electron chi connectivity index (χ2n) is 3.14. The Bertz CT molecular complexity index is 465. The molecule has 2 rings (SSSR count). The van der Waals surface area contributed by atoms with Gasteiger partial charge in [0, 0.05) is 5.38 Å². The van der Waals surface area contributed by atoms with Crippen molar-refractivity contribution >= 4 is 22.7 Å². The molecule has 2 aromatic heterocycles. The van der Waals surface area contributed by atoms with Crippen molar-refractivity contribution in [2.75, 3.05) is 0 Å². The molecule has 0 aromatic carbocycles. The Hall–Kier alpha value is -1.18. The maximum atomic E-state index is 8.94. The average Bonchev–Trinajstić information content (AvgIpc) is 2.89. The highest BCUT2D eigenvalue weighted by atomic mass is 32.1. The average molecular weight is 234 g/mol. The highest BCUT2D eigenvalue weighted by Crippen LogP contribution is 2.30. The number of nitrogens with zero attached hydrogens (tertiary/aromatic N) is 2. The predicted octanol–water partition coefficient (Wildman–Crippen LogP) is 3.89. The molecule has 0 radical (unpaired) electrons. The van der Waals surface area contributed by atoms with E-state index in [4.69, 9.17) is 5.26 Å². The van der Waals surface area contributed by atoms with Crippen LogP contribution < -0.4 is 0 Å². The van der Waals surface area contributed by atoms with E-state index in [1.165, 1.54) is 4.88 Å². The van der Waals surface area contributed by atoms with Gasteiger partial charge >= 0.3 is 0 Å². The fourth-order valence-corrected chi connectivity index (χ4v) is 3.01. The first kappa shape index (κ1) is 10.3. The Labute approximate surface area is 96.8 Å². The monoisotopic (exact) mass is 234 g/mol. The molecule has 1 unspecified atom stereocenters. The van der Waals surface area contributed by atoms with Crippen LogP contribution in [0.4, 0.5) is 0 Å². The van der Waals surface area contributed by atoms with Crippen LogP contribution in [-0.4, -0.2) is 4.98 Å². The smallest absolute Gasteiger partial charge is 0.110 e. The van der Waals surface area contributed by atoms with E-state index in [-0.39, 0.29) is 5.92 Å². The van der Waals surface area contributed by atoms with Gasteiger partial charge in [0.05, 0.1) is 22.6 Å². The normalized spacial score (nSPS) is 12.3. The lowest BCUT2D eigenvalue weighted by molar-refractivity contribution is 0.810. The minimum absolute atomic E-state index is 0.0521. The third-order valence-electron chi connectivity index (χ3n) is 2.16. The van der Waals surface area contributed by atoms with Crippen LogP contribution in [0.2, 0.25) is 0 Å². The molecular formula is C11H10N2S2. The molecule has 0 N–H and O–H groups in total. The lowest BCUT2D eigenvalue weighted by Crippen LogP contribution is -1.91. The second kappa shape index (κ2) is 4.56. The molecule has 15 heavy (non-hydrogen) atoms. The van der Waals surface area contributed by atoms with Crippen molar-refractivity contribution in [3.8, 4) is 16.6 Å². The molecule has 2 heterocycles. The van der Waals surface area contributed by atoms with Crippen LogP contribution in [0.25, 0.3) is 10.6 Å². The maximum Gasteiger partial charge on any atom is 0.110 e. The van der Waals surface area contributed by atoms with Gasteiger partial charge in [-0.2, -0.15) is 5.26 Å². The van der Waals surface area contributed by atoms with Crippen LogP contribution in [0, 0.1) is 11.3 Å². The van der Waals surface area contributed by atoms with Gasteiger partial charge in [0.15, 0.2) is 0 Å². The summed E-state index contributed by atoms with van der Waals surface area (Å²) in [7, 11) is 0. The van der Waals surface area contributed by atoms with Crippen molar-refractivity contribution in [1.82, 2.24) is 4.98 Å². The van der Waals surface area contributed by atoms with Crippen LogP contribution in [0.1, 0.15) is 24.3 Å². The molecule has 0 saturated carbocycles. The van der Waals surface area contributed by atoms with Crippen molar-refractivity contribution in [3.63, 3.8) is 0 Å². The number of rotatable bonds is 3. The molecule has 2 aromatic rings. The van der Waals surface area contributed by atoms with Crippen molar-refractivity contribution < 1.29 is 0 Å². The van der Waals surface area contributed by atoms with E-state index in [0.29, 0.717) is 0 Å². The molecule has 2 nitrogen and oxygen atoms in total. The highest BCUT2D eigenvalue weighted by molar-refractivity contribution is 7.14. The van der Waals surface area contributed by atoms with Gasteiger partial charge in [-0.05, 0) is 17.9 Å². The summed E-state index contributed by atoms with van der Waals surface area (Å²) in [6.45, 7) is 2.01. The van der Waals surface area contributed by atoms with Gasteiger partial charge in [-0.25, -0.2) is 4.98 Å². The molecule has 76 valence electrons. The fourth-order valence-electron chi connectivity index (χ4n) is 1.31. The summed E-state index contributed by atoms with van der Waals surface area (Å²) in [6, 6.07) is 6.34. The zero-order chi connectivity index (χ0) is 10.7. The number of thiazole rings is 1. The lowest BCUT2D eigenvalue weighted by Gasteiger charge is -1.98. The first-order valence-electron chi connectivity index (χ1n) is 4.74. The van der Waals surface area contributed by atoms with Gasteiger partial charge in [0.2, 0.25) is 0 Å². The van der Waals surface area contributed by atoms with Crippen LogP contribution in [0.15, 0.2) is 22.9 Å².